The Balaban J connectivity index is 1.64. The molecule has 1 atom stereocenters. The number of rotatable bonds is 2. The van der Waals surface area contributed by atoms with Crippen LogP contribution in [-0.2, 0) is 6.54 Å². The highest BCUT2D eigenvalue weighted by Gasteiger charge is 2.22. The molecule has 0 spiro atoms. The summed E-state index contributed by atoms with van der Waals surface area (Å²) < 4.78 is 0. The summed E-state index contributed by atoms with van der Waals surface area (Å²) in [6.45, 7) is 1.84. The van der Waals surface area contributed by atoms with Crippen LogP contribution >= 0.6 is 0 Å². The molecule has 0 saturated heterocycles. The molecule has 0 saturated carbocycles. The van der Waals surface area contributed by atoms with Crippen molar-refractivity contribution in [1.29, 1.82) is 0 Å². The topological polar surface area (TPSA) is 28.2 Å². The first-order chi connectivity index (χ1) is 11.8. The zero-order valence-electron chi connectivity index (χ0n) is 13.8. The third-order valence-corrected chi connectivity index (χ3v) is 4.72. The molecular formula is C21H21N3. The molecule has 2 aromatic carbocycles. The van der Waals surface area contributed by atoms with Gasteiger partial charge in [0.15, 0.2) is 0 Å². The highest BCUT2D eigenvalue weighted by atomic mass is 15.2. The third-order valence-electron chi connectivity index (χ3n) is 4.72. The van der Waals surface area contributed by atoms with Crippen molar-refractivity contribution in [2.75, 3.05) is 18.9 Å². The molecular weight excluding hydrogens is 294 g/mol. The minimum atomic E-state index is 0.375. The predicted molar refractivity (Wildman–Crippen MR) is 98.8 cm³/mol. The van der Waals surface area contributed by atoms with Crippen LogP contribution < -0.4 is 5.32 Å². The van der Waals surface area contributed by atoms with Crippen molar-refractivity contribution in [2.45, 2.75) is 12.6 Å². The highest BCUT2D eigenvalue weighted by molar-refractivity contribution is 5.68. The van der Waals surface area contributed by atoms with Gasteiger partial charge in [0.2, 0.25) is 0 Å². The molecule has 1 aromatic heterocycles. The molecule has 1 unspecified atom stereocenters. The Morgan fingerprint density at radius 1 is 1.00 bits per heavy atom. The lowest BCUT2D eigenvalue weighted by Gasteiger charge is -2.25. The van der Waals surface area contributed by atoms with Crippen molar-refractivity contribution in [3.05, 3.63) is 84.2 Å². The minimum Gasteiger partial charge on any atom is -0.383 e. The van der Waals surface area contributed by atoms with Gasteiger partial charge in [-0.1, -0.05) is 42.5 Å². The second-order valence-electron chi connectivity index (χ2n) is 6.34. The van der Waals surface area contributed by atoms with Gasteiger partial charge in [-0.15, -0.1) is 0 Å². The van der Waals surface area contributed by atoms with Crippen LogP contribution in [0.4, 0.5) is 5.69 Å². The van der Waals surface area contributed by atoms with Gasteiger partial charge in [-0.2, -0.15) is 0 Å². The zero-order chi connectivity index (χ0) is 16.4. The number of anilines is 1. The molecule has 0 bridgehead atoms. The average molecular weight is 315 g/mol. The molecule has 0 aliphatic carbocycles. The van der Waals surface area contributed by atoms with E-state index < -0.39 is 0 Å². The van der Waals surface area contributed by atoms with E-state index in [4.69, 9.17) is 0 Å². The van der Waals surface area contributed by atoms with Crippen molar-refractivity contribution in [1.82, 2.24) is 9.88 Å². The monoisotopic (exact) mass is 315 g/mol. The summed E-state index contributed by atoms with van der Waals surface area (Å²) in [5.41, 5.74) is 6.29. The van der Waals surface area contributed by atoms with Crippen molar-refractivity contribution in [3.8, 4) is 11.1 Å². The second-order valence-corrected chi connectivity index (χ2v) is 6.34. The SMILES string of the molecule is CN1Cc2cc(-c3cccnc3)ccc2NCC1c1ccccc1. The minimum absolute atomic E-state index is 0.375. The number of benzene rings is 2. The van der Waals surface area contributed by atoms with Crippen LogP contribution in [0.25, 0.3) is 11.1 Å². The number of likely N-dealkylation sites (N-methyl/N-ethyl adjacent to an activating group) is 1. The normalized spacial score (nSPS) is 17.6. The molecule has 2 heterocycles. The Morgan fingerprint density at radius 3 is 2.67 bits per heavy atom. The van der Waals surface area contributed by atoms with Crippen molar-refractivity contribution < 1.29 is 0 Å². The van der Waals surface area contributed by atoms with Crippen LogP contribution in [-0.4, -0.2) is 23.5 Å². The Morgan fingerprint density at radius 2 is 1.88 bits per heavy atom. The van der Waals surface area contributed by atoms with E-state index >= 15 is 0 Å². The summed E-state index contributed by atoms with van der Waals surface area (Å²) in [5.74, 6) is 0. The lowest BCUT2D eigenvalue weighted by molar-refractivity contribution is 0.252. The smallest absolute Gasteiger partial charge is 0.0521 e. The van der Waals surface area contributed by atoms with Gasteiger partial charge in [-0.05, 0) is 47.5 Å². The molecule has 0 fully saturated rings. The first kappa shape index (κ1) is 14.9. The highest BCUT2D eigenvalue weighted by Crippen LogP contribution is 2.31. The summed E-state index contributed by atoms with van der Waals surface area (Å²) in [7, 11) is 2.20. The lowest BCUT2D eigenvalue weighted by Crippen LogP contribution is -2.26. The van der Waals surface area contributed by atoms with Gasteiger partial charge >= 0.3 is 0 Å². The number of fused-ring (bicyclic) bond motifs is 1. The molecule has 4 rings (SSSR count). The van der Waals surface area contributed by atoms with E-state index in [0.717, 1.165) is 18.7 Å². The van der Waals surface area contributed by atoms with Crippen LogP contribution in [0.15, 0.2) is 73.1 Å². The van der Waals surface area contributed by atoms with E-state index in [1.165, 1.54) is 22.4 Å². The summed E-state index contributed by atoms with van der Waals surface area (Å²) in [6.07, 6.45) is 3.73. The van der Waals surface area contributed by atoms with Gasteiger partial charge in [-0.3, -0.25) is 9.88 Å². The average Bonchev–Trinajstić information content (AvgIpc) is 2.80. The number of aromatic nitrogens is 1. The standard InChI is InChI=1S/C21H21N3/c1-24-15-19-12-17(18-8-5-11-22-13-18)9-10-20(19)23-14-21(24)16-6-3-2-4-7-16/h2-13,21,23H,14-15H2,1H3. The van der Waals surface area contributed by atoms with Gasteiger partial charge < -0.3 is 5.32 Å². The molecule has 1 aliphatic rings. The fraction of sp³-hybridized carbons (Fsp3) is 0.190. The Labute approximate surface area is 143 Å². The molecule has 0 amide bonds. The summed E-state index contributed by atoms with van der Waals surface area (Å²) in [6, 6.07) is 21.8. The van der Waals surface area contributed by atoms with Gasteiger partial charge in [0.25, 0.3) is 0 Å². The number of hydrogen-bond donors (Lipinski definition) is 1. The predicted octanol–water partition coefficient (Wildman–Crippen LogP) is 4.35. The molecule has 3 heteroatoms. The second kappa shape index (κ2) is 6.46. The van der Waals surface area contributed by atoms with Gasteiger partial charge in [0.05, 0.1) is 6.04 Å². The Hall–Kier alpha value is -2.65. The molecule has 3 aromatic rings. The maximum absolute atomic E-state index is 4.23. The van der Waals surface area contributed by atoms with Crippen molar-refractivity contribution in [3.63, 3.8) is 0 Å². The summed E-state index contributed by atoms with van der Waals surface area (Å²) in [4.78, 5) is 6.65. The molecule has 24 heavy (non-hydrogen) atoms. The van der Waals surface area contributed by atoms with E-state index in [1.54, 1.807) is 0 Å². The maximum atomic E-state index is 4.23. The number of hydrogen-bond acceptors (Lipinski definition) is 3. The maximum Gasteiger partial charge on any atom is 0.0521 e. The number of nitrogens with one attached hydrogen (secondary N) is 1. The van der Waals surface area contributed by atoms with E-state index in [0.29, 0.717) is 6.04 Å². The lowest BCUT2D eigenvalue weighted by atomic mass is 10.0. The van der Waals surface area contributed by atoms with E-state index in [9.17, 15) is 0 Å². The number of nitrogens with zero attached hydrogens (tertiary/aromatic N) is 2. The van der Waals surface area contributed by atoms with Crippen LogP contribution in [0.5, 0.6) is 0 Å². The zero-order valence-corrected chi connectivity index (χ0v) is 13.8. The fourth-order valence-corrected chi connectivity index (χ4v) is 3.40. The Kier molecular flexibility index (Phi) is 4.01. The third kappa shape index (κ3) is 2.91. The number of pyridine rings is 1. The first-order valence-corrected chi connectivity index (χ1v) is 8.33. The van der Waals surface area contributed by atoms with Crippen LogP contribution in [0.1, 0.15) is 17.2 Å². The summed E-state index contributed by atoms with van der Waals surface area (Å²) in [5, 5.41) is 3.63. The van der Waals surface area contributed by atoms with Crippen LogP contribution in [0.3, 0.4) is 0 Å². The van der Waals surface area contributed by atoms with E-state index in [1.807, 2.05) is 18.5 Å². The molecule has 1 aliphatic heterocycles. The van der Waals surface area contributed by atoms with E-state index in [-0.39, 0.29) is 0 Å². The van der Waals surface area contributed by atoms with Crippen LogP contribution in [0, 0.1) is 0 Å². The Bertz CT molecular complexity index is 815. The summed E-state index contributed by atoms with van der Waals surface area (Å²) >= 11 is 0. The van der Waals surface area contributed by atoms with Crippen molar-refractivity contribution >= 4 is 5.69 Å². The van der Waals surface area contributed by atoms with E-state index in [2.05, 4.69) is 76.8 Å². The quantitative estimate of drug-likeness (QED) is 0.762. The fourth-order valence-electron chi connectivity index (χ4n) is 3.40. The largest absolute Gasteiger partial charge is 0.383 e. The molecule has 3 nitrogen and oxygen atoms in total. The molecule has 1 N–H and O–H groups in total. The molecule has 0 radical (unpaired) electrons. The van der Waals surface area contributed by atoms with Crippen molar-refractivity contribution in [2.24, 2.45) is 0 Å². The molecule has 120 valence electrons. The van der Waals surface area contributed by atoms with Gasteiger partial charge in [0, 0.05) is 31.2 Å². The van der Waals surface area contributed by atoms with Crippen LogP contribution in [0.2, 0.25) is 0 Å². The van der Waals surface area contributed by atoms with Gasteiger partial charge in [0.1, 0.15) is 0 Å². The first-order valence-electron chi connectivity index (χ1n) is 8.33. The van der Waals surface area contributed by atoms with Gasteiger partial charge in [-0.25, -0.2) is 0 Å².